The van der Waals surface area contributed by atoms with Crippen molar-refractivity contribution in [1.82, 2.24) is 0 Å². The second-order valence-corrected chi connectivity index (χ2v) is 4.80. The molecule has 1 fully saturated rings. The van der Waals surface area contributed by atoms with Crippen molar-refractivity contribution in [2.75, 3.05) is 6.61 Å². The smallest absolute Gasteiger partial charge is 0.335 e. The normalized spacial score (nSPS) is 22.0. The number of phenols is 1. The van der Waals surface area contributed by atoms with Crippen molar-refractivity contribution in [3.05, 3.63) is 29.3 Å². The lowest BCUT2D eigenvalue weighted by Crippen LogP contribution is -2.22. The summed E-state index contributed by atoms with van der Waals surface area (Å²) in [5.74, 6) is -1.60. The van der Waals surface area contributed by atoms with Gasteiger partial charge in [-0.05, 0) is 37.6 Å². The van der Waals surface area contributed by atoms with Crippen LogP contribution in [0, 0.1) is 0 Å². The lowest BCUT2D eigenvalue weighted by Gasteiger charge is -2.17. The molecule has 1 heterocycles. The van der Waals surface area contributed by atoms with Crippen LogP contribution >= 0.6 is 0 Å². The summed E-state index contributed by atoms with van der Waals surface area (Å²) in [5, 5.41) is 18.5. The lowest BCUT2D eigenvalue weighted by atomic mass is 10.0. The Morgan fingerprint density at radius 3 is 2.78 bits per heavy atom. The highest BCUT2D eigenvalue weighted by Gasteiger charge is 2.33. The van der Waals surface area contributed by atoms with E-state index in [1.165, 1.54) is 18.2 Å². The molecule has 98 valence electrons. The molecule has 0 radical (unpaired) electrons. The molecule has 18 heavy (non-hydrogen) atoms. The second kappa shape index (κ2) is 4.59. The van der Waals surface area contributed by atoms with Crippen molar-refractivity contribution in [2.45, 2.75) is 32.2 Å². The zero-order valence-corrected chi connectivity index (χ0v) is 10.3. The molecular weight excluding hydrogens is 236 g/mol. The molecule has 0 saturated carbocycles. The molecule has 1 aromatic rings. The molecule has 0 spiro atoms. The molecule has 2 N–H and O–H groups in total. The second-order valence-electron chi connectivity index (χ2n) is 4.80. The van der Waals surface area contributed by atoms with E-state index in [9.17, 15) is 9.90 Å². The number of hydrogen-bond acceptors (Lipinski definition) is 4. The van der Waals surface area contributed by atoms with E-state index in [4.69, 9.17) is 14.6 Å². The summed E-state index contributed by atoms with van der Waals surface area (Å²) in [4.78, 5) is 11.1. The fraction of sp³-hybridized carbons (Fsp3) is 0.462. The SMILES string of the molecule is CC1(C)OCC(Cc2cc(O)ccc2C(=O)O)O1. The van der Waals surface area contributed by atoms with E-state index in [0.29, 0.717) is 18.6 Å². The van der Waals surface area contributed by atoms with Crippen molar-refractivity contribution in [1.29, 1.82) is 0 Å². The fourth-order valence-electron chi connectivity index (χ4n) is 2.07. The van der Waals surface area contributed by atoms with Crippen LogP contribution in [0.4, 0.5) is 0 Å². The zero-order chi connectivity index (χ0) is 13.3. The molecule has 1 aromatic carbocycles. The summed E-state index contributed by atoms with van der Waals surface area (Å²) < 4.78 is 11.1. The molecule has 1 aliphatic heterocycles. The first-order chi connectivity index (χ1) is 8.37. The van der Waals surface area contributed by atoms with E-state index < -0.39 is 11.8 Å². The van der Waals surface area contributed by atoms with Gasteiger partial charge in [0.25, 0.3) is 0 Å². The topological polar surface area (TPSA) is 76.0 Å². The number of phenolic OH excluding ortho intramolecular Hbond substituents is 1. The van der Waals surface area contributed by atoms with Crippen LogP contribution in [0.3, 0.4) is 0 Å². The molecule has 0 amide bonds. The first kappa shape index (κ1) is 12.9. The minimum atomic E-state index is -1.01. The first-order valence-corrected chi connectivity index (χ1v) is 5.74. The number of benzene rings is 1. The number of aromatic carboxylic acids is 1. The molecular formula is C13H16O5. The van der Waals surface area contributed by atoms with Gasteiger partial charge >= 0.3 is 5.97 Å². The standard InChI is InChI=1S/C13H16O5/c1-13(2)17-7-10(18-13)6-8-5-9(14)3-4-11(8)12(15)16/h3-5,10,14H,6-7H2,1-2H3,(H,15,16). The summed E-state index contributed by atoms with van der Waals surface area (Å²) in [6.07, 6.45) is 0.208. The summed E-state index contributed by atoms with van der Waals surface area (Å²) in [5.41, 5.74) is 0.731. The van der Waals surface area contributed by atoms with Gasteiger partial charge in [0.05, 0.1) is 18.3 Å². The van der Waals surface area contributed by atoms with Gasteiger partial charge in [-0.25, -0.2) is 4.79 Å². The van der Waals surface area contributed by atoms with E-state index in [1.54, 1.807) is 0 Å². The molecule has 0 aromatic heterocycles. The number of rotatable bonds is 3. The number of aromatic hydroxyl groups is 1. The molecule has 1 saturated heterocycles. The number of carboxylic acid groups (broad SMARTS) is 1. The van der Waals surface area contributed by atoms with E-state index >= 15 is 0 Å². The van der Waals surface area contributed by atoms with Crippen molar-refractivity contribution in [2.24, 2.45) is 0 Å². The minimum absolute atomic E-state index is 0.0492. The van der Waals surface area contributed by atoms with Crippen LogP contribution in [0.25, 0.3) is 0 Å². The number of ether oxygens (including phenoxy) is 2. The molecule has 1 aliphatic rings. The largest absolute Gasteiger partial charge is 0.508 e. The Bertz CT molecular complexity index is 466. The van der Waals surface area contributed by atoms with Crippen LogP contribution in [0.1, 0.15) is 29.8 Å². The summed E-state index contributed by atoms with van der Waals surface area (Å²) in [6, 6.07) is 4.22. The van der Waals surface area contributed by atoms with Crippen molar-refractivity contribution in [3.63, 3.8) is 0 Å². The summed E-state index contributed by atoms with van der Waals surface area (Å²) >= 11 is 0. The maximum Gasteiger partial charge on any atom is 0.335 e. The molecule has 2 rings (SSSR count). The van der Waals surface area contributed by atoms with Gasteiger partial charge in [-0.15, -0.1) is 0 Å². The molecule has 5 heteroatoms. The molecule has 1 atom stereocenters. The monoisotopic (exact) mass is 252 g/mol. The number of carbonyl (C=O) groups is 1. The Morgan fingerprint density at radius 2 is 2.22 bits per heavy atom. The third-order valence-electron chi connectivity index (χ3n) is 2.83. The van der Waals surface area contributed by atoms with E-state index in [0.717, 1.165) is 0 Å². The van der Waals surface area contributed by atoms with Crippen molar-refractivity contribution >= 4 is 5.97 Å². The lowest BCUT2D eigenvalue weighted by molar-refractivity contribution is -0.138. The van der Waals surface area contributed by atoms with Crippen molar-refractivity contribution in [3.8, 4) is 5.75 Å². The molecule has 0 bridgehead atoms. The van der Waals surface area contributed by atoms with Gasteiger partial charge in [0.2, 0.25) is 0 Å². The first-order valence-electron chi connectivity index (χ1n) is 5.74. The van der Waals surface area contributed by atoms with E-state index in [1.807, 2.05) is 13.8 Å². The van der Waals surface area contributed by atoms with Gasteiger partial charge in [0.1, 0.15) is 5.75 Å². The maximum absolute atomic E-state index is 11.1. The van der Waals surface area contributed by atoms with Gasteiger partial charge in [0, 0.05) is 6.42 Å². The Hall–Kier alpha value is -1.59. The molecule has 0 aliphatic carbocycles. The van der Waals surface area contributed by atoms with Crippen LogP contribution in [0.2, 0.25) is 0 Å². The third kappa shape index (κ3) is 2.80. The van der Waals surface area contributed by atoms with Gasteiger partial charge < -0.3 is 19.7 Å². The van der Waals surface area contributed by atoms with Gasteiger partial charge in [-0.1, -0.05) is 0 Å². The molecule has 1 unspecified atom stereocenters. The Balaban J connectivity index is 2.18. The summed E-state index contributed by atoms with van der Waals surface area (Å²) in [7, 11) is 0. The van der Waals surface area contributed by atoms with Crippen LogP contribution in [0.15, 0.2) is 18.2 Å². The van der Waals surface area contributed by atoms with Crippen LogP contribution < -0.4 is 0 Å². The van der Waals surface area contributed by atoms with Crippen molar-refractivity contribution < 1.29 is 24.5 Å². The third-order valence-corrected chi connectivity index (χ3v) is 2.83. The highest BCUT2D eigenvalue weighted by atomic mass is 16.7. The Morgan fingerprint density at radius 1 is 1.50 bits per heavy atom. The molecule has 5 nitrogen and oxygen atoms in total. The number of carboxylic acids is 1. The van der Waals surface area contributed by atoms with Gasteiger partial charge in [0.15, 0.2) is 5.79 Å². The van der Waals surface area contributed by atoms with Gasteiger partial charge in [-0.3, -0.25) is 0 Å². The van der Waals surface area contributed by atoms with E-state index in [-0.39, 0.29) is 17.4 Å². The Labute approximate surface area is 105 Å². The quantitative estimate of drug-likeness (QED) is 0.857. The highest BCUT2D eigenvalue weighted by Crippen LogP contribution is 2.26. The Kier molecular flexibility index (Phi) is 3.28. The maximum atomic E-state index is 11.1. The highest BCUT2D eigenvalue weighted by molar-refractivity contribution is 5.89. The minimum Gasteiger partial charge on any atom is -0.508 e. The number of hydrogen-bond donors (Lipinski definition) is 2. The predicted molar refractivity (Wildman–Crippen MR) is 63.7 cm³/mol. The zero-order valence-electron chi connectivity index (χ0n) is 10.3. The summed E-state index contributed by atoms with van der Waals surface area (Å²) in [6.45, 7) is 4.04. The van der Waals surface area contributed by atoms with Crippen LogP contribution in [0.5, 0.6) is 5.75 Å². The predicted octanol–water partition coefficient (Wildman–Crippen LogP) is 1.78. The van der Waals surface area contributed by atoms with Gasteiger partial charge in [-0.2, -0.15) is 0 Å². The average molecular weight is 252 g/mol. The van der Waals surface area contributed by atoms with Crippen LogP contribution in [-0.4, -0.2) is 34.7 Å². The van der Waals surface area contributed by atoms with Crippen LogP contribution in [-0.2, 0) is 15.9 Å². The average Bonchev–Trinajstić information content (AvgIpc) is 2.57. The fourth-order valence-corrected chi connectivity index (χ4v) is 2.07. The van der Waals surface area contributed by atoms with E-state index in [2.05, 4.69) is 0 Å².